The molecule has 1 saturated heterocycles. The first-order chi connectivity index (χ1) is 6.90. The zero-order chi connectivity index (χ0) is 9.80. The largest absolute Gasteiger partial charge is 0.449 e. The van der Waals surface area contributed by atoms with E-state index < -0.39 is 0 Å². The van der Waals surface area contributed by atoms with Gasteiger partial charge in [0.05, 0.1) is 5.69 Å². The maximum Gasteiger partial charge on any atom is 0.195 e. The number of nitrogens with zero attached hydrogens (tertiary/aromatic N) is 1. The summed E-state index contributed by atoms with van der Waals surface area (Å²) in [6, 6.07) is 0. The fourth-order valence-corrected chi connectivity index (χ4v) is 1.74. The third-order valence-corrected chi connectivity index (χ3v) is 2.57. The molecule has 1 fully saturated rings. The van der Waals surface area contributed by atoms with E-state index in [-0.39, 0.29) is 0 Å². The van der Waals surface area contributed by atoms with Gasteiger partial charge in [-0.3, -0.25) is 0 Å². The minimum atomic E-state index is 0.513. The molecule has 14 heavy (non-hydrogen) atoms. The molecule has 0 atom stereocenters. The highest BCUT2D eigenvalue weighted by Gasteiger charge is 2.19. The average molecular weight is 196 g/mol. The summed E-state index contributed by atoms with van der Waals surface area (Å²) in [7, 11) is 0. The van der Waals surface area contributed by atoms with Crippen LogP contribution >= 0.6 is 0 Å². The summed E-state index contributed by atoms with van der Waals surface area (Å²) in [5.41, 5.74) is 6.49. The highest BCUT2D eigenvalue weighted by molar-refractivity contribution is 5.05. The average Bonchev–Trinajstić information content (AvgIpc) is 2.68. The van der Waals surface area contributed by atoms with Gasteiger partial charge in [0.1, 0.15) is 6.26 Å². The van der Waals surface area contributed by atoms with E-state index >= 15 is 0 Å². The normalized spacial score (nSPS) is 18.6. The Balaban J connectivity index is 2.00. The van der Waals surface area contributed by atoms with Gasteiger partial charge in [-0.15, -0.1) is 0 Å². The molecule has 1 aliphatic heterocycles. The number of aromatic nitrogens is 1. The molecule has 2 rings (SSSR count). The molecule has 0 radical (unpaired) electrons. The zero-order valence-corrected chi connectivity index (χ0v) is 8.24. The topological polar surface area (TPSA) is 61.3 Å². The van der Waals surface area contributed by atoms with E-state index in [1.54, 1.807) is 6.26 Å². The van der Waals surface area contributed by atoms with Gasteiger partial charge in [0.15, 0.2) is 5.89 Å². The van der Waals surface area contributed by atoms with Crippen molar-refractivity contribution in [3.05, 3.63) is 17.8 Å². The minimum absolute atomic E-state index is 0.513. The first-order valence-electron chi connectivity index (χ1n) is 5.12. The van der Waals surface area contributed by atoms with Crippen LogP contribution in [0, 0.1) is 0 Å². The van der Waals surface area contributed by atoms with Gasteiger partial charge in [0.25, 0.3) is 0 Å². The highest BCUT2D eigenvalue weighted by atomic mass is 16.5. The van der Waals surface area contributed by atoms with Crippen molar-refractivity contribution in [2.45, 2.75) is 25.2 Å². The van der Waals surface area contributed by atoms with Gasteiger partial charge in [0, 0.05) is 32.1 Å². The van der Waals surface area contributed by atoms with E-state index in [1.165, 1.54) is 0 Å². The molecule has 2 N–H and O–H groups in total. The fourth-order valence-electron chi connectivity index (χ4n) is 1.74. The second-order valence-electron chi connectivity index (χ2n) is 3.59. The van der Waals surface area contributed by atoms with Crippen molar-refractivity contribution in [1.82, 2.24) is 4.98 Å². The maximum absolute atomic E-state index is 5.43. The molecule has 4 heteroatoms. The van der Waals surface area contributed by atoms with Crippen LogP contribution in [0.2, 0.25) is 0 Å². The Morgan fingerprint density at radius 2 is 2.21 bits per heavy atom. The van der Waals surface area contributed by atoms with Crippen LogP contribution in [0.4, 0.5) is 0 Å². The Morgan fingerprint density at radius 1 is 1.43 bits per heavy atom. The molecule has 78 valence electrons. The molecule has 0 unspecified atom stereocenters. The number of hydrogen-bond donors (Lipinski definition) is 1. The Kier molecular flexibility index (Phi) is 3.16. The molecular weight excluding hydrogens is 180 g/mol. The lowest BCUT2D eigenvalue weighted by Gasteiger charge is -2.19. The van der Waals surface area contributed by atoms with Gasteiger partial charge in [-0.2, -0.15) is 0 Å². The van der Waals surface area contributed by atoms with Crippen molar-refractivity contribution in [2.75, 3.05) is 19.8 Å². The van der Waals surface area contributed by atoms with Crippen LogP contribution in [-0.4, -0.2) is 24.7 Å². The molecule has 0 aromatic carbocycles. The Morgan fingerprint density at radius 3 is 2.93 bits per heavy atom. The second kappa shape index (κ2) is 4.57. The lowest BCUT2D eigenvalue weighted by atomic mass is 9.97. The lowest BCUT2D eigenvalue weighted by molar-refractivity contribution is 0.0845. The van der Waals surface area contributed by atoms with Crippen LogP contribution in [0.3, 0.4) is 0 Å². The molecule has 2 heterocycles. The molecule has 0 spiro atoms. The Labute approximate surface area is 83.4 Å². The third-order valence-electron chi connectivity index (χ3n) is 2.57. The molecule has 1 aromatic rings. The van der Waals surface area contributed by atoms with Crippen LogP contribution < -0.4 is 5.73 Å². The number of oxazole rings is 1. The standard InChI is InChI=1S/C10H16N2O2/c11-4-1-10-12-9(7-14-10)8-2-5-13-6-3-8/h7-8H,1-6,11H2. The molecule has 1 aromatic heterocycles. The van der Waals surface area contributed by atoms with Crippen LogP contribution in [0.1, 0.15) is 30.3 Å². The number of rotatable bonds is 3. The van der Waals surface area contributed by atoms with Crippen molar-refractivity contribution in [2.24, 2.45) is 5.73 Å². The molecule has 4 nitrogen and oxygen atoms in total. The molecule has 1 aliphatic rings. The molecule has 0 saturated carbocycles. The van der Waals surface area contributed by atoms with Crippen molar-refractivity contribution in [1.29, 1.82) is 0 Å². The third kappa shape index (κ3) is 2.13. The fraction of sp³-hybridized carbons (Fsp3) is 0.700. The van der Waals surface area contributed by atoms with E-state index in [0.717, 1.165) is 44.1 Å². The van der Waals surface area contributed by atoms with Gasteiger partial charge >= 0.3 is 0 Å². The lowest BCUT2D eigenvalue weighted by Crippen LogP contribution is -2.14. The molecule has 0 aliphatic carbocycles. The van der Waals surface area contributed by atoms with Crippen LogP contribution in [-0.2, 0) is 11.2 Å². The van der Waals surface area contributed by atoms with E-state index in [1.807, 2.05) is 0 Å². The summed E-state index contributed by atoms with van der Waals surface area (Å²) in [6.45, 7) is 2.27. The van der Waals surface area contributed by atoms with Crippen molar-refractivity contribution >= 4 is 0 Å². The molecule has 0 amide bonds. The van der Waals surface area contributed by atoms with Gasteiger partial charge in [-0.05, 0) is 12.8 Å². The number of ether oxygens (including phenoxy) is 1. The van der Waals surface area contributed by atoms with Gasteiger partial charge < -0.3 is 14.9 Å². The maximum atomic E-state index is 5.43. The summed E-state index contributed by atoms with van der Waals surface area (Å²) in [5, 5.41) is 0. The smallest absolute Gasteiger partial charge is 0.195 e. The zero-order valence-electron chi connectivity index (χ0n) is 8.24. The summed E-state index contributed by atoms with van der Waals surface area (Å²) < 4.78 is 10.6. The monoisotopic (exact) mass is 196 g/mol. The van der Waals surface area contributed by atoms with Crippen molar-refractivity contribution in [3.63, 3.8) is 0 Å². The minimum Gasteiger partial charge on any atom is -0.449 e. The molecule has 0 bridgehead atoms. The van der Waals surface area contributed by atoms with E-state index in [4.69, 9.17) is 14.9 Å². The SMILES string of the molecule is NCCc1nc(C2CCOCC2)co1. The highest BCUT2D eigenvalue weighted by Crippen LogP contribution is 2.25. The van der Waals surface area contributed by atoms with Crippen molar-refractivity contribution in [3.8, 4) is 0 Å². The summed E-state index contributed by atoms with van der Waals surface area (Å²) in [6.07, 6.45) is 4.59. The molecular formula is C10H16N2O2. The Bertz CT molecular complexity index is 279. The van der Waals surface area contributed by atoms with Crippen LogP contribution in [0.5, 0.6) is 0 Å². The number of hydrogen-bond acceptors (Lipinski definition) is 4. The summed E-state index contributed by atoms with van der Waals surface area (Å²) in [4.78, 5) is 4.42. The first kappa shape index (κ1) is 9.68. The first-order valence-corrected chi connectivity index (χ1v) is 5.12. The Hall–Kier alpha value is -0.870. The van der Waals surface area contributed by atoms with Gasteiger partial charge in [-0.25, -0.2) is 4.98 Å². The predicted octanol–water partition coefficient (Wildman–Crippen LogP) is 1.07. The van der Waals surface area contributed by atoms with E-state index in [2.05, 4.69) is 4.98 Å². The predicted molar refractivity (Wildman–Crippen MR) is 52.1 cm³/mol. The van der Waals surface area contributed by atoms with Gasteiger partial charge in [-0.1, -0.05) is 0 Å². The van der Waals surface area contributed by atoms with Crippen LogP contribution in [0.25, 0.3) is 0 Å². The second-order valence-corrected chi connectivity index (χ2v) is 3.59. The number of nitrogens with two attached hydrogens (primary N) is 1. The van der Waals surface area contributed by atoms with Crippen molar-refractivity contribution < 1.29 is 9.15 Å². The van der Waals surface area contributed by atoms with E-state index in [9.17, 15) is 0 Å². The van der Waals surface area contributed by atoms with Gasteiger partial charge in [0.2, 0.25) is 0 Å². The summed E-state index contributed by atoms with van der Waals surface area (Å²) in [5.74, 6) is 1.27. The van der Waals surface area contributed by atoms with E-state index in [0.29, 0.717) is 12.5 Å². The quantitative estimate of drug-likeness (QED) is 0.785. The summed E-state index contributed by atoms with van der Waals surface area (Å²) >= 11 is 0. The van der Waals surface area contributed by atoms with Crippen LogP contribution in [0.15, 0.2) is 10.7 Å².